The van der Waals surface area contributed by atoms with Gasteiger partial charge < -0.3 is 5.32 Å². The van der Waals surface area contributed by atoms with Crippen LogP contribution in [0.1, 0.15) is 36.1 Å². The Bertz CT molecular complexity index is 628. The SMILES string of the molecule is CCCNC(c1cc(C)c(F)cc1F)c1ccccc1Br. The smallest absolute Gasteiger partial charge is 0.131 e. The van der Waals surface area contributed by atoms with Crippen molar-refractivity contribution in [2.45, 2.75) is 26.3 Å². The highest BCUT2D eigenvalue weighted by atomic mass is 79.9. The summed E-state index contributed by atoms with van der Waals surface area (Å²) in [5.41, 5.74) is 1.85. The third-order valence-electron chi connectivity index (χ3n) is 3.40. The summed E-state index contributed by atoms with van der Waals surface area (Å²) >= 11 is 3.51. The maximum Gasteiger partial charge on any atom is 0.131 e. The van der Waals surface area contributed by atoms with Gasteiger partial charge in [0, 0.05) is 16.1 Å². The van der Waals surface area contributed by atoms with E-state index in [4.69, 9.17) is 0 Å². The van der Waals surface area contributed by atoms with Crippen molar-refractivity contribution in [2.75, 3.05) is 6.54 Å². The van der Waals surface area contributed by atoms with E-state index in [0.717, 1.165) is 29.1 Å². The van der Waals surface area contributed by atoms with E-state index in [1.165, 1.54) is 0 Å². The van der Waals surface area contributed by atoms with Crippen LogP contribution in [0.2, 0.25) is 0 Å². The molecule has 1 unspecified atom stereocenters. The van der Waals surface area contributed by atoms with Crippen LogP contribution in [0.4, 0.5) is 8.78 Å². The van der Waals surface area contributed by atoms with Crippen molar-refractivity contribution in [3.8, 4) is 0 Å². The summed E-state index contributed by atoms with van der Waals surface area (Å²) in [5, 5.41) is 3.34. The first-order valence-corrected chi connectivity index (χ1v) is 7.77. The van der Waals surface area contributed by atoms with Crippen molar-refractivity contribution in [2.24, 2.45) is 0 Å². The zero-order valence-corrected chi connectivity index (χ0v) is 13.7. The number of benzene rings is 2. The van der Waals surface area contributed by atoms with Gasteiger partial charge in [0.15, 0.2) is 0 Å². The number of nitrogens with one attached hydrogen (secondary N) is 1. The fourth-order valence-electron chi connectivity index (χ4n) is 2.29. The molecular formula is C17H18BrF2N. The van der Waals surface area contributed by atoms with Crippen molar-refractivity contribution in [3.05, 3.63) is 69.2 Å². The monoisotopic (exact) mass is 353 g/mol. The second-order valence-corrected chi connectivity index (χ2v) is 5.89. The molecule has 4 heteroatoms. The molecule has 1 nitrogen and oxygen atoms in total. The molecule has 0 saturated heterocycles. The molecule has 2 aromatic carbocycles. The van der Waals surface area contributed by atoms with Crippen molar-refractivity contribution < 1.29 is 8.78 Å². The van der Waals surface area contributed by atoms with Crippen LogP contribution in [-0.4, -0.2) is 6.54 Å². The molecule has 0 bridgehead atoms. The van der Waals surface area contributed by atoms with Gasteiger partial charge in [-0.15, -0.1) is 0 Å². The Hall–Kier alpha value is -1.26. The van der Waals surface area contributed by atoms with Crippen LogP contribution < -0.4 is 5.32 Å². The summed E-state index contributed by atoms with van der Waals surface area (Å²) in [4.78, 5) is 0. The third-order valence-corrected chi connectivity index (χ3v) is 4.13. The second kappa shape index (κ2) is 7.14. The Morgan fingerprint density at radius 3 is 2.48 bits per heavy atom. The van der Waals surface area contributed by atoms with E-state index in [2.05, 4.69) is 28.2 Å². The highest BCUT2D eigenvalue weighted by Gasteiger charge is 2.20. The van der Waals surface area contributed by atoms with Crippen molar-refractivity contribution in [1.82, 2.24) is 5.32 Å². The van der Waals surface area contributed by atoms with Crippen molar-refractivity contribution >= 4 is 15.9 Å². The van der Waals surface area contributed by atoms with E-state index < -0.39 is 11.6 Å². The van der Waals surface area contributed by atoms with Gasteiger partial charge in [0.25, 0.3) is 0 Å². The van der Waals surface area contributed by atoms with Crippen LogP contribution in [0, 0.1) is 18.6 Å². The molecule has 112 valence electrons. The summed E-state index contributed by atoms with van der Waals surface area (Å²) in [5.74, 6) is -1.04. The number of hydrogen-bond acceptors (Lipinski definition) is 1. The molecule has 1 atom stereocenters. The molecule has 0 amide bonds. The predicted molar refractivity (Wildman–Crippen MR) is 85.4 cm³/mol. The molecule has 1 N–H and O–H groups in total. The maximum atomic E-state index is 14.2. The van der Waals surface area contributed by atoms with E-state index in [1.54, 1.807) is 13.0 Å². The Morgan fingerprint density at radius 1 is 1.10 bits per heavy atom. The normalized spacial score (nSPS) is 12.4. The van der Waals surface area contributed by atoms with Gasteiger partial charge in [-0.05, 0) is 43.1 Å². The molecule has 0 aliphatic heterocycles. The molecule has 0 aliphatic carbocycles. The first-order chi connectivity index (χ1) is 10.0. The van der Waals surface area contributed by atoms with Crippen molar-refractivity contribution in [3.63, 3.8) is 0 Å². The number of aryl methyl sites for hydroxylation is 1. The molecule has 0 heterocycles. The Kier molecular flexibility index (Phi) is 5.48. The van der Waals surface area contributed by atoms with E-state index in [0.29, 0.717) is 11.1 Å². The lowest BCUT2D eigenvalue weighted by Gasteiger charge is -2.22. The lowest BCUT2D eigenvalue weighted by molar-refractivity contribution is 0.529. The van der Waals surface area contributed by atoms with Crippen LogP contribution in [0.15, 0.2) is 40.9 Å². The van der Waals surface area contributed by atoms with E-state index in [1.807, 2.05) is 24.3 Å². The molecule has 2 rings (SSSR count). The van der Waals surface area contributed by atoms with Crippen LogP contribution in [0.25, 0.3) is 0 Å². The average Bonchev–Trinajstić information content (AvgIpc) is 2.46. The van der Waals surface area contributed by atoms with E-state index in [-0.39, 0.29) is 6.04 Å². The molecule has 0 aliphatic rings. The van der Waals surface area contributed by atoms with Gasteiger partial charge in [-0.2, -0.15) is 0 Å². The molecular weight excluding hydrogens is 336 g/mol. The fourth-order valence-corrected chi connectivity index (χ4v) is 2.80. The summed E-state index contributed by atoms with van der Waals surface area (Å²) in [6, 6.07) is 9.92. The van der Waals surface area contributed by atoms with E-state index >= 15 is 0 Å². The Morgan fingerprint density at radius 2 is 1.81 bits per heavy atom. The van der Waals surface area contributed by atoms with Crippen LogP contribution in [0.3, 0.4) is 0 Å². The van der Waals surface area contributed by atoms with Crippen LogP contribution in [-0.2, 0) is 0 Å². The van der Waals surface area contributed by atoms with Gasteiger partial charge in [0.05, 0.1) is 6.04 Å². The van der Waals surface area contributed by atoms with Gasteiger partial charge in [0.1, 0.15) is 11.6 Å². The highest BCUT2D eigenvalue weighted by Crippen LogP contribution is 2.31. The minimum Gasteiger partial charge on any atom is -0.306 e. The Labute approximate surface area is 132 Å². The number of rotatable bonds is 5. The summed E-state index contributed by atoms with van der Waals surface area (Å²) in [7, 11) is 0. The first-order valence-electron chi connectivity index (χ1n) is 6.98. The molecule has 0 saturated carbocycles. The topological polar surface area (TPSA) is 12.0 Å². The minimum atomic E-state index is -0.526. The lowest BCUT2D eigenvalue weighted by Crippen LogP contribution is -2.24. The largest absolute Gasteiger partial charge is 0.306 e. The zero-order valence-electron chi connectivity index (χ0n) is 12.1. The van der Waals surface area contributed by atoms with Gasteiger partial charge in [0.2, 0.25) is 0 Å². The Balaban J connectivity index is 2.51. The standard InChI is InChI=1S/C17H18BrF2N/c1-3-8-21-17(12-6-4-5-7-14(12)18)13-9-11(2)15(19)10-16(13)20/h4-7,9-10,17,21H,3,8H2,1-2H3. The molecule has 21 heavy (non-hydrogen) atoms. The fraction of sp³-hybridized carbons (Fsp3) is 0.294. The highest BCUT2D eigenvalue weighted by molar-refractivity contribution is 9.10. The average molecular weight is 354 g/mol. The molecule has 2 aromatic rings. The predicted octanol–water partition coefficient (Wildman–Crippen LogP) is 5.12. The second-order valence-electron chi connectivity index (χ2n) is 5.03. The first kappa shape index (κ1) is 16.1. The molecule has 0 aromatic heterocycles. The number of hydrogen-bond donors (Lipinski definition) is 1. The maximum absolute atomic E-state index is 14.2. The zero-order chi connectivity index (χ0) is 15.4. The molecule has 0 fully saturated rings. The summed E-state index contributed by atoms with van der Waals surface area (Å²) in [6.07, 6.45) is 0.933. The summed E-state index contributed by atoms with van der Waals surface area (Å²) in [6.45, 7) is 4.45. The summed E-state index contributed by atoms with van der Waals surface area (Å²) < 4.78 is 28.6. The number of halogens is 3. The van der Waals surface area contributed by atoms with Crippen molar-refractivity contribution in [1.29, 1.82) is 0 Å². The third kappa shape index (κ3) is 3.69. The van der Waals surface area contributed by atoms with Gasteiger partial charge in [-0.1, -0.05) is 41.1 Å². The van der Waals surface area contributed by atoms with Crippen LogP contribution >= 0.6 is 15.9 Å². The van der Waals surface area contributed by atoms with E-state index in [9.17, 15) is 8.78 Å². The molecule has 0 radical (unpaired) electrons. The quantitative estimate of drug-likeness (QED) is 0.785. The van der Waals surface area contributed by atoms with Gasteiger partial charge >= 0.3 is 0 Å². The lowest BCUT2D eigenvalue weighted by atomic mass is 9.96. The van der Waals surface area contributed by atoms with Gasteiger partial charge in [-0.25, -0.2) is 8.78 Å². The van der Waals surface area contributed by atoms with Gasteiger partial charge in [-0.3, -0.25) is 0 Å². The van der Waals surface area contributed by atoms with Crippen LogP contribution in [0.5, 0.6) is 0 Å². The minimum absolute atomic E-state index is 0.306. The molecule has 0 spiro atoms.